The predicted octanol–water partition coefficient (Wildman–Crippen LogP) is 1.56. The molecule has 1 saturated carbocycles. The summed E-state index contributed by atoms with van der Waals surface area (Å²) in [6.45, 7) is 6.16. The number of carbonyl (C=O) groups is 1. The van der Waals surface area contributed by atoms with E-state index in [9.17, 15) is 4.79 Å². The van der Waals surface area contributed by atoms with Crippen molar-refractivity contribution in [3.63, 3.8) is 0 Å². The number of carbonyl (C=O) groups excluding carboxylic acids is 1. The van der Waals surface area contributed by atoms with Gasteiger partial charge in [0.2, 0.25) is 0 Å². The van der Waals surface area contributed by atoms with Gasteiger partial charge < -0.3 is 10.2 Å². The average Bonchev–Trinajstić information content (AvgIpc) is 3.06. The van der Waals surface area contributed by atoms with E-state index in [1.54, 1.807) is 0 Å². The van der Waals surface area contributed by atoms with Gasteiger partial charge in [0.25, 0.3) is 5.91 Å². The van der Waals surface area contributed by atoms with E-state index >= 15 is 0 Å². The first-order valence-electron chi connectivity index (χ1n) is 8.00. The zero-order valence-electron chi connectivity index (χ0n) is 12.7. The third-order valence-corrected chi connectivity index (χ3v) is 5.70. The summed E-state index contributed by atoms with van der Waals surface area (Å²) in [6, 6.07) is 0.549. The van der Waals surface area contributed by atoms with Crippen LogP contribution < -0.4 is 5.32 Å². The molecule has 1 amide bonds. The number of nitrogens with zero attached hydrogens (tertiary/aromatic N) is 3. The molecule has 1 aliphatic carbocycles. The largest absolute Gasteiger partial charge is 0.336 e. The van der Waals surface area contributed by atoms with Gasteiger partial charge in [-0.15, -0.1) is 23.7 Å². The van der Waals surface area contributed by atoms with E-state index in [0.29, 0.717) is 12.0 Å². The zero-order valence-corrected chi connectivity index (χ0v) is 14.3. The lowest BCUT2D eigenvalue weighted by atomic mass is 10.2. The van der Waals surface area contributed by atoms with Gasteiger partial charge in [-0.1, -0.05) is 0 Å². The van der Waals surface area contributed by atoms with Crippen LogP contribution in [-0.4, -0.2) is 66.0 Å². The molecule has 122 valence electrons. The summed E-state index contributed by atoms with van der Waals surface area (Å²) in [4.78, 5) is 22.7. The normalized spacial score (nSPS) is 26.0. The molecule has 2 saturated heterocycles. The second-order valence-corrected chi connectivity index (χ2v) is 7.18. The van der Waals surface area contributed by atoms with Crippen molar-refractivity contribution < 1.29 is 4.79 Å². The monoisotopic (exact) mass is 342 g/mol. The van der Waals surface area contributed by atoms with Gasteiger partial charge in [0.15, 0.2) is 0 Å². The summed E-state index contributed by atoms with van der Waals surface area (Å²) >= 11 is 1.52. The smallest absolute Gasteiger partial charge is 0.265 e. The number of hydrogen-bond donors (Lipinski definition) is 1. The number of thiazole rings is 1. The molecule has 3 aliphatic rings. The Balaban J connectivity index is 0.00000144. The number of piperazine rings is 1. The van der Waals surface area contributed by atoms with Gasteiger partial charge in [0.1, 0.15) is 4.88 Å². The average molecular weight is 343 g/mol. The summed E-state index contributed by atoms with van der Waals surface area (Å²) in [5.41, 5.74) is 2.90. The highest BCUT2D eigenvalue weighted by Crippen LogP contribution is 2.42. The molecule has 7 heteroatoms. The number of halogens is 1. The van der Waals surface area contributed by atoms with Crippen molar-refractivity contribution >= 4 is 29.7 Å². The summed E-state index contributed by atoms with van der Waals surface area (Å²) in [5, 5.41) is 3.39. The van der Waals surface area contributed by atoms with E-state index < -0.39 is 0 Å². The highest BCUT2D eigenvalue weighted by Gasteiger charge is 2.35. The van der Waals surface area contributed by atoms with Gasteiger partial charge in [-0.05, 0) is 19.3 Å². The van der Waals surface area contributed by atoms with E-state index in [1.165, 1.54) is 24.2 Å². The molecule has 1 aromatic heterocycles. The molecule has 22 heavy (non-hydrogen) atoms. The van der Waals surface area contributed by atoms with Gasteiger partial charge >= 0.3 is 0 Å². The van der Waals surface area contributed by atoms with Crippen LogP contribution >= 0.6 is 23.7 Å². The number of likely N-dealkylation sites (tertiary alicyclic amines) is 1. The molecule has 3 fully saturated rings. The molecule has 3 heterocycles. The van der Waals surface area contributed by atoms with Crippen molar-refractivity contribution in [2.24, 2.45) is 0 Å². The maximum Gasteiger partial charge on any atom is 0.265 e. The minimum atomic E-state index is 0. The van der Waals surface area contributed by atoms with E-state index in [4.69, 9.17) is 0 Å². The molecule has 1 unspecified atom stereocenters. The second-order valence-electron chi connectivity index (χ2n) is 6.32. The van der Waals surface area contributed by atoms with Crippen LogP contribution in [0.25, 0.3) is 0 Å². The molecule has 0 radical (unpaired) electrons. The predicted molar refractivity (Wildman–Crippen MR) is 90.1 cm³/mol. The van der Waals surface area contributed by atoms with Crippen molar-refractivity contribution in [2.75, 3.05) is 39.3 Å². The van der Waals surface area contributed by atoms with Crippen LogP contribution in [0.15, 0.2) is 5.51 Å². The molecule has 5 nitrogen and oxygen atoms in total. The number of hydrogen-bond acceptors (Lipinski definition) is 5. The van der Waals surface area contributed by atoms with Crippen LogP contribution in [0, 0.1) is 0 Å². The Bertz CT molecular complexity index is 527. The van der Waals surface area contributed by atoms with Crippen LogP contribution in [-0.2, 0) is 0 Å². The number of aromatic nitrogens is 1. The van der Waals surface area contributed by atoms with Crippen LogP contribution in [0.5, 0.6) is 0 Å². The van der Waals surface area contributed by atoms with Gasteiger partial charge in [0.05, 0.1) is 11.2 Å². The van der Waals surface area contributed by atoms with Crippen molar-refractivity contribution in [1.29, 1.82) is 0 Å². The van der Waals surface area contributed by atoms with Gasteiger partial charge in [-0.2, -0.15) is 0 Å². The lowest BCUT2D eigenvalue weighted by Gasteiger charge is -2.32. The summed E-state index contributed by atoms with van der Waals surface area (Å²) in [5.74, 6) is 0.777. The fraction of sp³-hybridized carbons (Fsp3) is 0.733. The molecular formula is C15H23ClN4OS. The molecule has 1 aromatic rings. The maximum absolute atomic E-state index is 12.8. The quantitative estimate of drug-likeness (QED) is 0.905. The second kappa shape index (κ2) is 6.83. The first kappa shape index (κ1) is 16.2. The zero-order chi connectivity index (χ0) is 14.2. The molecule has 0 spiro atoms. The van der Waals surface area contributed by atoms with Gasteiger partial charge in [-0.3, -0.25) is 9.69 Å². The Morgan fingerprint density at radius 1 is 1.23 bits per heavy atom. The van der Waals surface area contributed by atoms with Gasteiger partial charge in [0, 0.05) is 51.2 Å². The first-order valence-corrected chi connectivity index (χ1v) is 8.88. The summed E-state index contributed by atoms with van der Waals surface area (Å²) in [7, 11) is 0. The molecular weight excluding hydrogens is 320 g/mol. The number of amides is 1. The van der Waals surface area contributed by atoms with E-state index in [0.717, 1.165) is 56.3 Å². The number of rotatable bonds is 3. The molecule has 1 N–H and O–H groups in total. The standard InChI is InChI=1S/C15H22N4OS.ClH/c20-15(14-13(11-1-2-11)17-10-21-14)19-6-3-12(9-19)18-7-4-16-5-8-18;/h10-12,16H,1-9H2;1H. The van der Waals surface area contributed by atoms with Crippen LogP contribution in [0.3, 0.4) is 0 Å². The minimum Gasteiger partial charge on any atom is -0.336 e. The summed E-state index contributed by atoms with van der Waals surface area (Å²) in [6.07, 6.45) is 3.52. The third-order valence-electron chi connectivity index (χ3n) is 4.87. The minimum absolute atomic E-state index is 0. The lowest BCUT2D eigenvalue weighted by molar-refractivity contribution is 0.0777. The number of nitrogens with one attached hydrogen (secondary N) is 1. The van der Waals surface area contributed by atoms with Crippen molar-refractivity contribution in [2.45, 2.75) is 31.2 Å². The SMILES string of the molecule is Cl.O=C(c1scnc1C1CC1)N1CCC(N2CCNCC2)C1. The van der Waals surface area contributed by atoms with Crippen LogP contribution in [0.2, 0.25) is 0 Å². The van der Waals surface area contributed by atoms with E-state index in [-0.39, 0.29) is 18.3 Å². The fourth-order valence-electron chi connectivity index (χ4n) is 3.48. The third kappa shape index (κ3) is 3.15. The Kier molecular flexibility index (Phi) is 5.02. The Hall–Kier alpha value is -0.690. The Morgan fingerprint density at radius 3 is 2.73 bits per heavy atom. The molecule has 4 rings (SSSR count). The van der Waals surface area contributed by atoms with Crippen molar-refractivity contribution in [3.8, 4) is 0 Å². The van der Waals surface area contributed by atoms with Crippen LogP contribution in [0.4, 0.5) is 0 Å². The fourth-order valence-corrected chi connectivity index (χ4v) is 4.32. The van der Waals surface area contributed by atoms with Gasteiger partial charge in [-0.25, -0.2) is 4.98 Å². The Labute approximate surface area is 141 Å². The highest BCUT2D eigenvalue weighted by atomic mass is 35.5. The topological polar surface area (TPSA) is 48.5 Å². The highest BCUT2D eigenvalue weighted by molar-refractivity contribution is 7.11. The lowest BCUT2D eigenvalue weighted by Crippen LogP contribution is -2.49. The molecule has 1 atom stereocenters. The maximum atomic E-state index is 12.8. The molecule has 2 aliphatic heterocycles. The molecule has 0 bridgehead atoms. The van der Waals surface area contributed by atoms with E-state index in [2.05, 4.69) is 15.2 Å². The van der Waals surface area contributed by atoms with E-state index in [1.807, 2.05) is 10.4 Å². The first-order chi connectivity index (χ1) is 10.3. The molecule has 0 aromatic carbocycles. The van der Waals surface area contributed by atoms with Crippen molar-refractivity contribution in [1.82, 2.24) is 20.1 Å². The van der Waals surface area contributed by atoms with Crippen LogP contribution in [0.1, 0.15) is 40.5 Å². The summed E-state index contributed by atoms with van der Waals surface area (Å²) < 4.78 is 0. The Morgan fingerprint density at radius 2 is 2.00 bits per heavy atom. The van der Waals surface area contributed by atoms with Crippen molar-refractivity contribution in [3.05, 3.63) is 16.1 Å².